The molecule has 10 heteroatoms. The van der Waals surface area contributed by atoms with Gasteiger partial charge in [0.1, 0.15) is 29.2 Å². The number of phenols is 2. The van der Waals surface area contributed by atoms with E-state index in [1.165, 1.54) is 17.0 Å². The zero-order valence-corrected chi connectivity index (χ0v) is 22.7. The predicted molar refractivity (Wildman–Crippen MR) is 150 cm³/mol. The molecule has 10 nitrogen and oxygen atoms in total. The fraction of sp³-hybridized carbons (Fsp3) is 0.464. The van der Waals surface area contributed by atoms with Gasteiger partial charge in [-0.25, -0.2) is 0 Å². The molecule has 0 aliphatic rings. The molecule has 0 aliphatic heterocycles. The lowest BCUT2D eigenvalue weighted by atomic mass is 9.97. The second-order valence-electron chi connectivity index (χ2n) is 9.82. The highest BCUT2D eigenvalue weighted by molar-refractivity contribution is 6.25. The van der Waals surface area contributed by atoms with Crippen molar-refractivity contribution in [2.45, 2.75) is 65.5 Å². The van der Waals surface area contributed by atoms with Crippen molar-refractivity contribution in [2.75, 3.05) is 18.5 Å². The van der Waals surface area contributed by atoms with Gasteiger partial charge in [-0.3, -0.25) is 20.5 Å². The third-order valence-corrected chi connectivity index (χ3v) is 6.66. The van der Waals surface area contributed by atoms with Crippen LogP contribution in [0.1, 0.15) is 69.6 Å². The summed E-state index contributed by atoms with van der Waals surface area (Å²) in [6.07, 6.45) is 1.40. The van der Waals surface area contributed by atoms with Crippen molar-refractivity contribution in [3.63, 3.8) is 0 Å². The van der Waals surface area contributed by atoms with Crippen molar-refractivity contribution in [1.82, 2.24) is 4.90 Å². The van der Waals surface area contributed by atoms with E-state index in [1.807, 2.05) is 44.9 Å². The number of carbonyl (C=O) groups is 1. The highest BCUT2D eigenvalue weighted by Gasteiger charge is 2.28. The van der Waals surface area contributed by atoms with Gasteiger partial charge in [0.2, 0.25) is 0 Å². The van der Waals surface area contributed by atoms with Crippen LogP contribution in [-0.2, 0) is 11.3 Å². The van der Waals surface area contributed by atoms with E-state index >= 15 is 0 Å². The van der Waals surface area contributed by atoms with Crippen molar-refractivity contribution < 1.29 is 20.1 Å². The highest BCUT2D eigenvalue weighted by atomic mass is 16.4. The Bertz CT molecular complexity index is 1150. The quantitative estimate of drug-likeness (QED) is 0.131. The van der Waals surface area contributed by atoms with Crippen molar-refractivity contribution >= 4 is 23.3 Å². The van der Waals surface area contributed by atoms with Crippen LogP contribution < -0.4 is 4.90 Å². The maximum Gasteiger partial charge on any atom is 0.306 e. The van der Waals surface area contributed by atoms with Gasteiger partial charge in [-0.05, 0) is 68.1 Å². The van der Waals surface area contributed by atoms with E-state index in [-0.39, 0.29) is 47.0 Å². The first kappa shape index (κ1) is 30.4. The summed E-state index contributed by atoms with van der Waals surface area (Å²) in [5.74, 6) is -2.06. The average Bonchev–Trinajstić information content (AvgIpc) is 2.86. The van der Waals surface area contributed by atoms with E-state index in [4.69, 9.17) is 10.8 Å². The van der Waals surface area contributed by atoms with Crippen LogP contribution in [0.3, 0.4) is 0 Å². The van der Waals surface area contributed by atoms with E-state index in [0.29, 0.717) is 37.2 Å². The van der Waals surface area contributed by atoms with Crippen LogP contribution in [0.5, 0.6) is 11.5 Å². The molecule has 0 heterocycles. The number of aliphatic carboxylic acids is 1. The SMILES string of the molecule is CCC(CCN(C)Cc1ccc(N(C(=N)c2cc(C(C)C)c(O)cc2O)C(=N)C(CC)N=O)cc1)C(=O)O. The minimum atomic E-state index is -0.995. The summed E-state index contributed by atoms with van der Waals surface area (Å²) in [5, 5.41) is 50.7. The summed E-state index contributed by atoms with van der Waals surface area (Å²) < 4.78 is 0. The topological polar surface area (TPSA) is 161 Å². The van der Waals surface area contributed by atoms with Gasteiger partial charge < -0.3 is 20.2 Å². The lowest BCUT2D eigenvalue weighted by Gasteiger charge is -2.28. The molecule has 0 fully saturated rings. The second-order valence-corrected chi connectivity index (χ2v) is 9.82. The number of nitrogens with zero attached hydrogens (tertiary/aromatic N) is 3. The van der Waals surface area contributed by atoms with Crippen LogP contribution in [0.2, 0.25) is 0 Å². The molecule has 0 amide bonds. The van der Waals surface area contributed by atoms with E-state index in [2.05, 4.69) is 5.18 Å². The minimum Gasteiger partial charge on any atom is -0.508 e. The summed E-state index contributed by atoms with van der Waals surface area (Å²) in [5.41, 5.74) is 2.06. The Labute approximate surface area is 223 Å². The number of carboxylic acid groups (broad SMARTS) is 1. The Kier molecular flexibility index (Phi) is 10.9. The number of rotatable bonds is 13. The molecule has 0 aromatic heterocycles. The smallest absolute Gasteiger partial charge is 0.306 e. The number of anilines is 1. The van der Waals surface area contributed by atoms with Crippen molar-refractivity contribution in [2.24, 2.45) is 11.1 Å². The molecule has 0 radical (unpaired) electrons. The van der Waals surface area contributed by atoms with Gasteiger partial charge in [0.15, 0.2) is 0 Å². The average molecular weight is 526 g/mol. The summed E-state index contributed by atoms with van der Waals surface area (Å²) in [7, 11) is 1.92. The molecular formula is C28H39N5O5. The standard InChI is InChI=1S/C28H39N5O5/c1-6-19(28(36)37)12-13-32(5)16-18-8-10-20(11-9-18)33(27(30)23(7-2)31-38)26(29)22-14-21(17(3)4)24(34)15-25(22)35/h8-11,14-15,17,19,23,29-30,34-35H,6-7,12-13,16H2,1-5H3,(H,36,37). The molecule has 0 bridgehead atoms. The van der Waals surface area contributed by atoms with Crippen LogP contribution in [0, 0.1) is 21.6 Å². The molecule has 2 unspecified atom stereocenters. The highest BCUT2D eigenvalue weighted by Crippen LogP contribution is 2.34. The zero-order chi connectivity index (χ0) is 28.6. The third-order valence-electron chi connectivity index (χ3n) is 6.66. The van der Waals surface area contributed by atoms with E-state index < -0.39 is 12.0 Å². The maximum absolute atomic E-state index is 11.5. The largest absolute Gasteiger partial charge is 0.508 e. The Hall–Kier alpha value is -3.79. The molecule has 2 atom stereocenters. The number of phenolic OH excluding ortho intramolecular Hbond substituents is 2. The van der Waals surface area contributed by atoms with Crippen molar-refractivity contribution in [1.29, 1.82) is 10.8 Å². The molecule has 0 aliphatic carbocycles. The number of carboxylic acids is 1. The van der Waals surface area contributed by atoms with Crippen LogP contribution in [0.25, 0.3) is 0 Å². The molecule has 206 valence electrons. The maximum atomic E-state index is 11.5. The van der Waals surface area contributed by atoms with Gasteiger partial charge in [-0.15, -0.1) is 0 Å². The molecule has 0 saturated carbocycles. The molecule has 2 aromatic rings. The normalized spacial score (nSPS) is 12.8. The molecule has 0 saturated heterocycles. The Morgan fingerprint density at radius 1 is 1.03 bits per heavy atom. The number of hydrogen-bond acceptors (Lipinski definition) is 8. The van der Waals surface area contributed by atoms with E-state index in [1.54, 1.807) is 19.1 Å². The second kappa shape index (κ2) is 13.7. The lowest BCUT2D eigenvalue weighted by molar-refractivity contribution is -0.142. The summed E-state index contributed by atoms with van der Waals surface area (Å²) in [6.45, 7) is 8.54. The summed E-state index contributed by atoms with van der Waals surface area (Å²) in [4.78, 5) is 26.1. The lowest BCUT2D eigenvalue weighted by Crippen LogP contribution is -2.42. The molecule has 38 heavy (non-hydrogen) atoms. The van der Waals surface area contributed by atoms with Crippen LogP contribution in [0.15, 0.2) is 41.6 Å². The van der Waals surface area contributed by atoms with Crippen molar-refractivity contribution in [3.8, 4) is 11.5 Å². The number of nitrogens with one attached hydrogen (secondary N) is 2. The molecular weight excluding hydrogens is 486 g/mol. The summed E-state index contributed by atoms with van der Waals surface area (Å²) in [6, 6.07) is 8.87. The number of hydrogen-bond donors (Lipinski definition) is 5. The molecule has 0 spiro atoms. The zero-order valence-electron chi connectivity index (χ0n) is 22.7. The van der Waals surface area contributed by atoms with Gasteiger partial charge in [0.25, 0.3) is 0 Å². The van der Waals surface area contributed by atoms with Gasteiger partial charge in [-0.1, -0.05) is 45.0 Å². The first-order valence-electron chi connectivity index (χ1n) is 12.8. The first-order valence-corrected chi connectivity index (χ1v) is 12.8. The molecule has 2 rings (SSSR count). The van der Waals surface area contributed by atoms with Crippen LogP contribution in [-0.4, -0.2) is 57.5 Å². The predicted octanol–water partition coefficient (Wildman–Crippen LogP) is 5.51. The summed E-state index contributed by atoms with van der Waals surface area (Å²) >= 11 is 0. The van der Waals surface area contributed by atoms with Crippen molar-refractivity contribution in [3.05, 3.63) is 58.0 Å². The Morgan fingerprint density at radius 3 is 2.16 bits per heavy atom. The van der Waals surface area contributed by atoms with Gasteiger partial charge in [0, 0.05) is 18.3 Å². The van der Waals surface area contributed by atoms with E-state index in [0.717, 1.165) is 5.56 Å². The monoisotopic (exact) mass is 525 g/mol. The van der Waals surface area contributed by atoms with Gasteiger partial charge in [0.05, 0.1) is 11.5 Å². The number of aromatic hydroxyl groups is 2. The van der Waals surface area contributed by atoms with Gasteiger partial charge in [-0.2, -0.15) is 4.91 Å². The van der Waals surface area contributed by atoms with E-state index in [9.17, 15) is 25.0 Å². The van der Waals surface area contributed by atoms with Crippen LogP contribution in [0.4, 0.5) is 5.69 Å². The molecule has 5 N–H and O–H groups in total. The fourth-order valence-electron chi connectivity index (χ4n) is 4.24. The third kappa shape index (κ3) is 7.38. The minimum absolute atomic E-state index is 0.0746. The number of benzene rings is 2. The van der Waals surface area contributed by atoms with Gasteiger partial charge >= 0.3 is 5.97 Å². The number of nitroso groups, excluding NO2 is 1. The fourth-order valence-corrected chi connectivity index (χ4v) is 4.24. The Balaban J connectivity index is 2.37. The Morgan fingerprint density at radius 2 is 1.66 bits per heavy atom. The molecule has 2 aromatic carbocycles. The van der Waals surface area contributed by atoms with Crippen LogP contribution >= 0.6 is 0 Å². The number of amidine groups is 2. The first-order chi connectivity index (χ1) is 17.9.